The third kappa shape index (κ3) is 3.59. The maximum atomic E-state index is 14.3. The predicted molar refractivity (Wildman–Crippen MR) is 80.0 cm³/mol. The van der Waals surface area contributed by atoms with Crippen molar-refractivity contribution in [2.24, 2.45) is 0 Å². The molecule has 0 fully saturated rings. The van der Waals surface area contributed by atoms with Crippen molar-refractivity contribution in [3.63, 3.8) is 0 Å². The summed E-state index contributed by atoms with van der Waals surface area (Å²) < 4.78 is 52.3. The summed E-state index contributed by atoms with van der Waals surface area (Å²) in [5.41, 5.74) is -0.645. The predicted octanol–water partition coefficient (Wildman–Crippen LogP) is 3.55. The van der Waals surface area contributed by atoms with Gasteiger partial charge in [-0.2, -0.15) is 4.39 Å². The van der Waals surface area contributed by atoms with E-state index >= 15 is 0 Å². The lowest BCUT2D eigenvalue weighted by molar-refractivity contribution is 0.169. The van der Waals surface area contributed by atoms with E-state index in [1.807, 2.05) is 0 Å². The van der Waals surface area contributed by atoms with E-state index in [0.29, 0.717) is 4.47 Å². The largest absolute Gasteiger partial charge is 0.494 e. The summed E-state index contributed by atoms with van der Waals surface area (Å²) in [7, 11) is 2.43. The molecule has 1 N–H and O–H groups in total. The molecule has 2 aromatic rings. The zero-order chi connectivity index (χ0) is 17.1. The standard InChI is InChI=1S/C15H13BrF3NO3/c1-22-11-5-12(23-2)14(18)9(13(11)17)4-10(21)8-3-7(16)6-20-15(8)19/h3,5-6,10,21H,4H2,1-2H3. The highest BCUT2D eigenvalue weighted by atomic mass is 79.9. The van der Waals surface area contributed by atoms with Crippen LogP contribution in [0.1, 0.15) is 17.2 Å². The van der Waals surface area contributed by atoms with E-state index in [9.17, 15) is 18.3 Å². The minimum Gasteiger partial charge on any atom is -0.494 e. The molecule has 0 saturated carbocycles. The number of nitrogens with zero attached hydrogens (tertiary/aromatic N) is 1. The van der Waals surface area contributed by atoms with Crippen molar-refractivity contribution in [1.82, 2.24) is 4.98 Å². The Morgan fingerprint density at radius 3 is 2.22 bits per heavy atom. The molecular weight excluding hydrogens is 379 g/mol. The molecule has 1 atom stereocenters. The lowest BCUT2D eigenvalue weighted by Gasteiger charge is -2.16. The zero-order valence-corrected chi connectivity index (χ0v) is 13.8. The highest BCUT2D eigenvalue weighted by molar-refractivity contribution is 9.10. The Morgan fingerprint density at radius 1 is 1.13 bits per heavy atom. The maximum Gasteiger partial charge on any atom is 0.218 e. The van der Waals surface area contributed by atoms with Crippen LogP contribution in [0.2, 0.25) is 0 Å². The van der Waals surface area contributed by atoms with Gasteiger partial charge < -0.3 is 14.6 Å². The Balaban J connectivity index is 2.44. The van der Waals surface area contributed by atoms with Gasteiger partial charge in [-0.15, -0.1) is 0 Å². The monoisotopic (exact) mass is 391 g/mol. The number of benzene rings is 1. The molecule has 0 radical (unpaired) electrons. The van der Waals surface area contributed by atoms with Gasteiger partial charge in [-0.05, 0) is 22.0 Å². The molecule has 1 unspecified atom stereocenters. The fourth-order valence-electron chi connectivity index (χ4n) is 2.09. The van der Waals surface area contributed by atoms with Crippen LogP contribution < -0.4 is 9.47 Å². The fraction of sp³-hybridized carbons (Fsp3) is 0.267. The molecule has 0 aliphatic heterocycles. The van der Waals surface area contributed by atoms with E-state index in [1.54, 1.807) is 0 Å². The number of hydrogen-bond donors (Lipinski definition) is 1. The SMILES string of the molecule is COc1cc(OC)c(F)c(CC(O)c2cc(Br)cnc2F)c1F. The lowest BCUT2D eigenvalue weighted by atomic mass is 10.0. The second-order valence-corrected chi connectivity index (χ2v) is 5.56. The zero-order valence-electron chi connectivity index (χ0n) is 12.2. The summed E-state index contributed by atoms with van der Waals surface area (Å²) >= 11 is 3.10. The number of methoxy groups -OCH3 is 2. The first-order chi connectivity index (χ1) is 10.9. The molecule has 124 valence electrons. The highest BCUT2D eigenvalue weighted by Crippen LogP contribution is 2.34. The molecule has 0 spiro atoms. The fourth-order valence-corrected chi connectivity index (χ4v) is 2.44. The number of aliphatic hydroxyl groups excluding tert-OH is 1. The topological polar surface area (TPSA) is 51.6 Å². The highest BCUT2D eigenvalue weighted by Gasteiger charge is 2.24. The van der Waals surface area contributed by atoms with Crippen LogP contribution in [0, 0.1) is 17.6 Å². The van der Waals surface area contributed by atoms with Crippen LogP contribution in [-0.2, 0) is 6.42 Å². The number of halogens is 4. The summed E-state index contributed by atoms with van der Waals surface area (Å²) in [6.07, 6.45) is -0.803. The molecule has 0 bridgehead atoms. The molecule has 8 heteroatoms. The molecule has 1 aromatic carbocycles. The van der Waals surface area contributed by atoms with E-state index in [4.69, 9.17) is 9.47 Å². The van der Waals surface area contributed by atoms with Crippen molar-refractivity contribution in [3.05, 3.63) is 51.5 Å². The molecule has 0 aliphatic rings. The van der Waals surface area contributed by atoms with Gasteiger partial charge in [-0.25, -0.2) is 13.8 Å². The second kappa shape index (κ2) is 7.18. The smallest absolute Gasteiger partial charge is 0.218 e. The third-order valence-corrected chi connectivity index (χ3v) is 3.69. The number of aromatic nitrogens is 1. The summed E-state index contributed by atoms with van der Waals surface area (Å²) in [5, 5.41) is 10.1. The molecule has 1 heterocycles. The van der Waals surface area contributed by atoms with Gasteiger partial charge in [0.1, 0.15) is 0 Å². The van der Waals surface area contributed by atoms with Gasteiger partial charge in [-0.1, -0.05) is 0 Å². The minimum atomic E-state index is -1.50. The van der Waals surface area contributed by atoms with Crippen molar-refractivity contribution in [2.45, 2.75) is 12.5 Å². The Morgan fingerprint density at radius 2 is 1.70 bits per heavy atom. The Kier molecular flexibility index (Phi) is 5.48. The first-order valence-electron chi connectivity index (χ1n) is 6.46. The van der Waals surface area contributed by atoms with Crippen molar-refractivity contribution >= 4 is 15.9 Å². The molecular formula is C15H13BrF3NO3. The number of rotatable bonds is 5. The first kappa shape index (κ1) is 17.6. The van der Waals surface area contributed by atoms with Crippen LogP contribution in [0.25, 0.3) is 0 Å². The summed E-state index contributed by atoms with van der Waals surface area (Å²) in [6.45, 7) is 0. The van der Waals surface area contributed by atoms with E-state index in [1.165, 1.54) is 26.5 Å². The Bertz CT molecular complexity index is 699. The Labute approximate surface area is 139 Å². The molecule has 1 aromatic heterocycles. The van der Waals surface area contributed by atoms with Gasteiger partial charge in [0.2, 0.25) is 5.95 Å². The molecule has 0 amide bonds. The molecule has 2 rings (SSSR count). The maximum absolute atomic E-state index is 14.3. The average molecular weight is 392 g/mol. The summed E-state index contributed by atoms with van der Waals surface area (Å²) in [6, 6.07) is 2.35. The summed E-state index contributed by atoms with van der Waals surface area (Å²) in [4.78, 5) is 3.44. The van der Waals surface area contributed by atoms with Gasteiger partial charge in [0.05, 0.1) is 20.3 Å². The molecule has 0 saturated heterocycles. The third-order valence-electron chi connectivity index (χ3n) is 3.25. The van der Waals surface area contributed by atoms with Crippen LogP contribution in [0.4, 0.5) is 13.2 Å². The molecule has 23 heavy (non-hydrogen) atoms. The van der Waals surface area contributed by atoms with Crippen LogP contribution in [0.3, 0.4) is 0 Å². The normalized spacial score (nSPS) is 12.1. The van der Waals surface area contributed by atoms with Crippen LogP contribution in [0.5, 0.6) is 11.5 Å². The van der Waals surface area contributed by atoms with Gasteiger partial charge in [-0.3, -0.25) is 0 Å². The first-order valence-corrected chi connectivity index (χ1v) is 7.26. The minimum absolute atomic E-state index is 0.181. The quantitative estimate of drug-likeness (QED) is 0.791. The Hall–Kier alpha value is -1.80. The second-order valence-electron chi connectivity index (χ2n) is 4.64. The average Bonchev–Trinajstić information content (AvgIpc) is 2.53. The van der Waals surface area contributed by atoms with Crippen LogP contribution in [0.15, 0.2) is 22.8 Å². The van der Waals surface area contributed by atoms with Gasteiger partial charge in [0.15, 0.2) is 23.1 Å². The summed E-state index contributed by atoms with van der Waals surface area (Å²) in [5.74, 6) is -3.35. The van der Waals surface area contributed by atoms with Crippen molar-refractivity contribution in [3.8, 4) is 11.5 Å². The van der Waals surface area contributed by atoms with Gasteiger partial charge in [0, 0.05) is 34.3 Å². The number of pyridine rings is 1. The van der Waals surface area contributed by atoms with Gasteiger partial charge >= 0.3 is 0 Å². The number of aliphatic hydroxyl groups is 1. The van der Waals surface area contributed by atoms with E-state index < -0.39 is 35.7 Å². The van der Waals surface area contributed by atoms with Crippen molar-refractivity contribution in [1.29, 1.82) is 0 Å². The van der Waals surface area contributed by atoms with Crippen LogP contribution >= 0.6 is 15.9 Å². The van der Waals surface area contributed by atoms with Gasteiger partial charge in [0.25, 0.3) is 0 Å². The molecule has 0 aliphatic carbocycles. The van der Waals surface area contributed by atoms with Crippen molar-refractivity contribution in [2.75, 3.05) is 14.2 Å². The van der Waals surface area contributed by atoms with E-state index in [2.05, 4.69) is 20.9 Å². The van der Waals surface area contributed by atoms with Crippen molar-refractivity contribution < 1.29 is 27.8 Å². The molecule has 4 nitrogen and oxygen atoms in total. The number of hydrogen-bond acceptors (Lipinski definition) is 4. The van der Waals surface area contributed by atoms with E-state index in [-0.39, 0.29) is 17.1 Å². The lowest BCUT2D eigenvalue weighted by Crippen LogP contribution is -2.10. The van der Waals surface area contributed by atoms with Crippen LogP contribution in [-0.4, -0.2) is 24.3 Å². The number of ether oxygens (including phenoxy) is 2. The van der Waals surface area contributed by atoms with E-state index in [0.717, 1.165) is 6.07 Å².